The number of benzene rings is 1. The van der Waals surface area contributed by atoms with E-state index in [0.717, 1.165) is 21.8 Å². The maximum atomic E-state index is 12.8. The lowest BCUT2D eigenvalue weighted by Gasteiger charge is -2.14. The van der Waals surface area contributed by atoms with Gasteiger partial charge in [-0.2, -0.15) is 0 Å². The third-order valence-electron chi connectivity index (χ3n) is 4.41. The minimum absolute atomic E-state index is 0.0681. The fraction of sp³-hybridized carbons (Fsp3) is 0.250. The highest BCUT2D eigenvalue weighted by Crippen LogP contribution is 2.25. The molecule has 1 amide bonds. The number of nitrogens with two attached hydrogens (primary N) is 2. The highest BCUT2D eigenvalue weighted by Gasteiger charge is 2.21. The van der Waals surface area contributed by atoms with Gasteiger partial charge in [-0.05, 0) is 31.5 Å². The molecule has 2 aromatic heterocycles. The van der Waals surface area contributed by atoms with Crippen molar-refractivity contribution in [2.45, 2.75) is 26.5 Å². The summed E-state index contributed by atoms with van der Waals surface area (Å²) >= 11 is 1.32. The fourth-order valence-corrected chi connectivity index (χ4v) is 3.76. The number of aliphatic hydroxyl groups excluding tert-OH is 1. The van der Waals surface area contributed by atoms with Gasteiger partial charge in [-0.3, -0.25) is 9.79 Å². The van der Waals surface area contributed by atoms with Crippen molar-refractivity contribution in [2.24, 2.45) is 16.5 Å². The van der Waals surface area contributed by atoms with Crippen LogP contribution < -0.4 is 16.8 Å². The Morgan fingerprint density at radius 1 is 1.24 bits per heavy atom. The zero-order chi connectivity index (χ0) is 21.0. The molecule has 0 saturated carbocycles. The monoisotopic (exact) mass is 412 g/mol. The Bertz CT molecular complexity index is 1020. The van der Waals surface area contributed by atoms with Crippen molar-refractivity contribution >= 4 is 23.2 Å². The molecule has 1 aromatic carbocycles. The molecule has 2 heterocycles. The van der Waals surface area contributed by atoms with Crippen molar-refractivity contribution in [1.82, 2.24) is 15.3 Å². The van der Waals surface area contributed by atoms with Gasteiger partial charge in [0, 0.05) is 5.69 Å². The van der Waals surface area contributed by atoms with Crippen LogP contribution in [-0.2, 0) is 6.61 Å². The van der Waals surface area contributed by atoms with Crippen LogP contribution in [0.15, 0.2) is 41.4 Å². The van der Waals surface area contributed by atoms with Gasteiger partial charge >= 0.3 is 0 Å². The van der Waals surface area contributed by atoms with Crippen LogP contribution in [0.1, 0.15) is 37.7 Å². The predicted molar refractivity (Wildman–Crippen MR) is 115 cm³/mol. The molecule has 7 N–H and O–H groups in total. The summed E-state index contributed by atoms with van der Waals surface area (Å²) in [6.07, 6.45) is 0. The number of guanidine groups is 1. The van der Waals surface area contributed by atoms with E-state index in [0.29, 0.717) is 10.7 Å². The number of carbonyl (C=O) groups excluding carboxylic acids is 1. The zero-order valence-corrected chi connectivity index (χ0v) is 17.1. The van der Waals surface area contributed by atoms with Gasteiger partial charge in [0.15, 0.2) is 5.96 Å². The van der Waals surface area contributed by atoms with Gasteiger partial charge in [0.2, 0.25) is 0 Å². The zero-order valence-electron chi connectivity index (χ0n) is 16.3. The van der Waals surface area contributed by atoms with Crippen molar-refractivity contribution in [3.05, 3.63) is 63.2 Å². The lowest BCUT2D eigenvalue weighted by molar-refractivity contribution is 0.0933. The topological polar surface area (TPSA) is 142 Å². The Morgan fingerprint density at radius 2 is 1.97 bits per heavy atom. The lowest BCUT2D eigenvalue weighted by Crippen LogP contribution is -2.32. The smallest absolute Gasteiger partial charge is 0.268 e. The highest BCUT2D eigenvalue weighted by molar-refractivity contribution is 7.11. The van der Waals surface area contributed by atoms with E-state index in [-0.39, 0.29) is 25.0 Å². The number of nitrogens with zero attached hydrogens (tertiary/aromatic N) is 2. The average Bonchev–Trinajstić information content (AvgIpc) is 3.32. The fourth-order valence-electron chi connectivity index (χ4n) is 2.79. The predicted octanol–water partition coefficient (Wildman–Crippen LogP) is 1.99. The molecule has 0 aliphatic heterocycles. The quantitative estimate of drug-likeness (QED) is 0.298. The third kappa shape index (κ3) is 5.01. The van der Waals surface area contributed by atoms with Crippen LogP contribution in [0.25, 0.3) is 11.3 Å². The van der Waals surface area contributed by atoms with E-state index in [1.165, 1.54) is 16.9 Å². The molecular weight excluding hydrogens is 388 g/mol. The van der Waals surface area contributed by atoms with Gasteiger partial charge < -0.3 is 26.9 Å². The number of thiazole rings is 1. The number of carbonyl (C=O) groups is 1. The molecule has 0 saturated heterocycles. The van der Waals surface area contributed by atoms with Crippen molar-refractivity contribution in [3.8, 4) is 11.3 Å². The number of aromatic amines is 1. The van der Waals surface area contributed by atoms with E-state index in [2.05, 4.69) is 20.3 Å². The Balaban J connectivity index is 1.80. The molecule has 0 radical (unpaired) electrons. The number of rotatable bonds is 7. The van der Waals surface area contributed by atoms with E-state index in [9.17, 15) is 9.90 Å². The van der Waals surface area contributed by atoms with Gasteiger partial charge in [-0.1, -0.05) is 29.8 Å². The molecular formula is C20H24N6O2S. The minimum Gasteiger partial charge on any atom is -0.391 e. The number of aromatic nitrogens is 2. The Labute approximate surface area is 172 Å². The van der Waals surface area contributed by atoms with Gasteiger partial charge in [0.05, 0.1) is 23.7 Å². The number of amides is 1. The molecule has 0 aliphatic rings. The van der Waals surface area contributed by atoms with Gasteiger partial charge in [-0.25, -0.2) is 4.98 Å². The molecule has 8 nitrogen and oxygen atoms in total. The normalized spacial score (nSPS) is 11.8. The number of hydrogen-bond donors (Lipinski definition) is 5. The molecule has 1 atom stereocenters. The first kappa shape index (κ1) is 20.6. The summed E-state index contributed by atoms with van der Waals surface area (Å²) < 4.78 is 0. The highest BCUT2D eigenvalue weighted by atomic mass is 32.1. The standard InChI is InChI=1S/C20H24N6O2S/c1-11-3-5-13(6-4-11)14-7-8-15(25-14)18(28)26-16(9-23-20(21)22)19-24-12(2)17(10-27)29-19/h3-8,16,25,27H,9-10H2,1-2H3,(H,26,28)(H4,21,22,23). The first-order valence-corrected chi connectivity index (χ1v) is 9.88. The molecule has 29 heavy (non-hydrogen) atoms. The summed E-state index contributed by atoms with van der Waals surface area (Å²) in [4.78, 5) is 25.2. The SMILES string of the molecule is Cc1ccc(-c2ccc(C(=O)NC(CN=C(N)N)c3nc(C)c(CO)s3)[nH]2)cc1. The van der Waals surface area contributed by atoms with Crippen LogP contribution in [0, 0.1) is 13.8 Å². The van der Waals surface area contributed by atoms with E-state index in [1.807, 2.05) is 44.2 Å². The molecule has 0 fully saturated rings. The maximum Gasteiger partial charge on any atom is 0.268 e. The number of nitrogens with one attached hydrogen (secondary N) is 2. The number of hydrogen-bond acceptors (Lipinski definition) is 5. The first-order chi connectivity index (χ1) is 13.9. The number of H-pyrrole nitrogens is 1. The third-order valence-corrected chi connectivity index (χ3v) is 5.66. The van der Waals surface area contributed by atoms with Gasteiger partial charge in [0.1, 0.15) is 16.7 Å². The van der Waals surface area contributed by atoms with Crippen LogP contribution in [0.4, 0.5) is 0 Å². The second-order valence-corrected chi connectivity index (χ2v) is 7.78. The lowest BCUT2D eigenvalue weighted by atomic mass is 10.1. The molecule has 0 bridgehead atoms. The van der Waals surface area contributed by atoms with Crippen molar-refractivity contribution < 1.29 is 9.90 Å². The Kier molecular flexibility index (Phi) is 6.30. The summed E-state index contributed by atoms with van der Waals surface area (Å²) in [5.74, 6) is -0.362. The van der Waals surface area contributed by atoms with Crippen LogP contribution in [-0.4, -0.2) is 33.5 Å². The number of aryl methyl sites for hydroxylation is 2. The summed E-state index contributed by atoms with van der Waals surface area (Å²) in [5, 5.41) is 13.0. The molecule has 3 aromatic rings. The molecule has 9 heteroatoms. The molecule has 3 rings (SSSR count). The Morgan fingerprint density at radius 3 is 2.59 bits per heavy atom. The molecule has 0 spiro atoms. The van der Waals surface area contributed by atoms with Crippen molar-refractivity contribution in [3.63, 3.8) is 0 Å². The first-order valence-electron chi connectivity index (χ1n) is 9.06. The summed E-state index contributed by atoms with van der Waals surface area (Å²) in [7, 11) is 0. The summed E-state index contributed by atoms with van der Waals surface area (Å²) in [6.45, 7) is 3.88. The second-order valence-electron chi connectivity index (χ2n) is 6.66. The van der Waals surface area contributed by atoms with Crippen LogP contribution in [0.3, 0.4) is 0 Å². The largest absolute Gasteiger partial charge is 0.391 e. The second kappa shape index (κ2) is 8.89. The van der Waals surface area contributed by atoms with E-state index in [4.69, 9.17) is 11.5 Å². The van der Waals surface area contributed by atoms with Crippen LogP contribution in [0.2, 0.25) is 0 Å². The molecule has 152 valence electrons. The van der Waals surface area contributed by atoms with E-state index < -0.39 is 6.04 Å². The van der Waals surface area contributed by atoms with Crippen molar-refractivity contribution in [1.29, 1.82) is 0 Å². The molecule has 0 aliphatic carbocycles. The minimum atomic E-state index is -0.514. The number of aliphatic imine (C=N–C) groups is 1. The van der Waals surface area contributed by atoms with Crippen LogP contribution in [0.5, 0.6) is 0 Å². The van der Waals surface area contributed by atoms with Gasteiger partial charge in [0.25, 0.3) is 5.91 Å². The summed E-state index contributed by atoms with van der Waals surface area (Å²) in [5.41, 5.74) is 15.1. The van der Waals surface area contributed by atoms with E-state index in [1.54, 1.807) is 6.07 Å². The van der Waals surface area contributed by atoms with Crippen molar-refractivity contribution in [2.75, 3.05) is 6.54 Å². The Hall–Kier alpha value is -3.17. The van der Waals surface area contributed by atoms with E-state index >= 15 is 0 Å². The average molecular weight is 413 g/mol. The van der Waals surface area contributed by atoms with Crippen LogP contribution >= 0.6 is 11.3 Å². The molecule has 1 unspecified atom stereocenters. The van der Waals surface area contributed by atoms with Gasteiger partial charge in [-0.15, -0.1) is 11.3 Å². The number of aliphatic hydroxyl groups is 1. The summed E-state index contributed by atoms with van der Waals surface area (Å²) in [6, 6.07) is 11.1. The maximum absolute atomic E-state index is 12.8.